The van der Waals surface area contributed by atoms with Crippen molar-refractivity contribution >= 4 is 33.2 Å². The van der Waals surface area contributed by atoms with E-state index in [4.69, 9.17) is 0 Å². The first-order chi connectivity index (χ1) is 10.1. The summed E-state index contributed by atoms with van der Waals surface area (Å²) < 4.78 is 1.01. The lowest BCUT2D eigenvalue weighted by Gasteiger charge is -2.06. The van der Waals surface area contributed by atoms with E-state index in [1.165, 1.54) is 0 Å². The van der Waals surface area contributed by atoms with Crippen LogP contribution < -0.4 is 10.7 Å². The average Bonchev–Trinajstić information content (AvgIpc) is 2.52. The Kier molecular flexibility index (Phi) is 5.51. The van der Waals surface area contributed by atoms with Gasteiger partial charge in [-0.05, 0) is 36.8 Å². The molecule has 0 aromatic heterocycles. The molecule has 108 valence electrons. The summed E-state index contributed by atoms with van der Waals surface area (Å²) >= 11 is 3.38. The van der Waals surface area contributed by atoms with Crippen LogP contribution in [-0.4, -0.2) is 18.2 Å². The van der Waals surface area contributed by atoms with E-state index in [9.17, 15) is 4.79 Å². The highest BCUT2D eigenvalue weighted by atomic mass is 79.9. The number of halogens is 1. The van der Waals surface area contributed by atoms with Crippen molar-refractivity contribution in [3.05, 3.63) is 64.6 Å². The molecule has 5 heteroatoms. The van der Waals surface area contributed by atoms with Crippen molar-refractivity contribution < 1.29 is 4.79 Å². The van der Waals surface area contributed by atoms with Gasteiger partial charge in [0.2, 0.25) is 0 Å². The van der Waals surface area contributed by atoms with Crippen LogP contribution in [0.15, 0.2) is 64.2 Å². The van der Waals surface area contributed by atoms with Gasteiger partial charge < -0.3 is 5.32 Å². The number of benzene rings is 2. The molecule has 0 saturated carbocycles. The molecule has 0 radical (unpaired) electrons. The quantitative estimate of drug-likeness (QED) is 0.644. The smallest absolute Gasteiger partial charge is 0.259 e. The second-order valence-electron chi connectivity index (χ2n) is 4.46. The van der Waals surface area contributed by atoms with Gasteiger partial charge >= 0.3 is 0 Å². The van der Waals surface area contributed by atoms with Gasteiger partial charge in [0.15, 0.2) is 0 Å². The zero-order valence-electron chi connectivity index (χ0n) is 11.6. The second-order valence-corrected chi connectivity index (χ2v) is 5.37. The summed E-state index contributed by atoms with van der Waals surface area (Å²) in [7, 11) is 0. The SMILES string of the molecule is C/C(=N\NC(=O)CNc1ccccc1)c1ccc(Br)cc1. The topological polar surface area (TPSA) is 53.5 Å². The van der Waals surface area contributed by atoms with Gasteiger partial charge in [-0.15, -0.1) is 0 Å². The maximum atomic E-state index is 11.7. The van der Waals surface area contributed by atoms with Gasteiger partial charge in [-0.25, -0.2) is 5.43 Å². The Labute approximate surface area is 132 Å². The molecular weight excluding hydrogens is 330 g/mol. The predicted molar refractivity (Wildman–Crippen MR) is 89.4 cm³/mol. The number of carbonyl (C=O) groups excluding carboxylic acids is 1. The van der Waals surface area contributed by atoms with Gasteiger partial charge in [0, 0.05) is 10.2 Å². The van der Waals surface area contributed by atoms with Crippen LogP contribution in [0, 0.1) is 0 Å². The molecule has 21 heavy (non-hydrogen) atoms. The normalized spacial score (nSPS) is 11.0. The molecule has 0 spiro atoms. The van der Waals surface area contributed by atoms with E-state index in [1.54, 1.807) is 0 Å². The molecule has 0 saturated heterocycles. The van der Waals surface area contributed by atoms with E-state index in [0.29, 0.717) is 0 Å². The predicted octanol–water partition coefficient (Wildman–Crippen LogP) is 3.40. The van der Waals surface area contributed by atoms with Crippen LogP contribution in [0.2, 0.25) is 0 Å². The number of para-hydroxylation sites is 1. The second kappa shape index (κ2) is 7.59. The van der Waals surface area contributed by atoms with Gasteiger partial charge in [-0.2, -0.15) is 5.10 Å². The Balaban J connectivity index is 1.85. The van der Waals surface area contributed by atoms with Gasteiger partial charge in [0.1, 0.15) is 0 Å². The van der Waals surface area contributed by atoms with Crippen molar-refractivity contribution in [1.29, 1.82) is 0 Å². The number of nitrogens with one attached hydrogen (secondary N) is 2. The first-order valence-electron chi connectivity index (χ1n) is 6.53. The molecule has 4 nitrogen and oxygen atoms in total. The van der Waals surface area contributed by atoms with Crippen LogP contribution in [0.1, 0.15) is 12.5 Å². The van der Waals surface area contributed by atoms with Crippen molar-refractivity contribution in [3.8, 4) is 0 Å². The third-order valence-corrected chi connectivity index (χ3v) is 3.37. The Bertz CT molecular complexity index is 624. The highest BCUT2D eigenvalue weighted by Gasteiger charge is 2.01. The molecule has 0 heterocycles. The van der Waals surface area contributed by atoms with Crippen LogP contribution in [0.4, 0.5) is 5.69 Å². The van der Waals surface area contributed by atoms with Gasteiger partial charge in [0.25, 0.3) is 5.91 Å². The van der Waals surface area contributed by atoms with E-state index in [0.717, 1.165) is 21.4 Å². The number of amides is 1. The standard InChI is InChI=1S/C16H16BrN3O/c1-12(13-7-9-14(17)10-8-13)19-20-16(21)11-18-15-5-3-2-4-6-15/h2-10,18H,11H2,1H3,(H,20,21)/b19-12+. The minimum Gasteiger partial charge on any atom is -0.376 e. The summed E-state index contributed by atoms with van der Waals surface area (Å²) in [4.78, 5) is 11.7. The molecule has 0 aliphatic carbocycles. The summed E-state index contributed by atoms with van der Waals surface area (Å²) in [5.74, 6) is -0.185. The fourth-order valence-electron chi connectivity index (χ4n) is 1.68. The maximum absolute atomic E-state index is 11.7. The van der Waals surface area contributed by atoms with Gasteiger partial charge in [0.05, 0.1) is 12.3 Å². The lowest BCUT2D eigenvalue weighted by Crippen LogP contribution is -2.26. The number of hydrogen-bond acceptors (Lipinski definition) is 3. The molecular formula is C16H16BrN3O. The summed E-state index contributed by atoms with van der Waals surface area (Å²) in [6.07, 6.45) is 0. The lowest BCUT2D eigenvalue weighted by atomic mass is 10.1. The van der Waals surface area contributed by atoms with Crippen molar-refractivity contribution in [2.75, 3.05) is 11.9 Å². The zero-order chi connectivity index (χ0) is 15.1. The van der Waals surface area contributed by atoms with Crippen molar-refractivity contribution in [2.45, 2.75) is 6.92 Å². The molecule has 2 aromatic rings. The lowest BCUT2D eigenvalue weighted by molar-refractivity contribution is -0.119. The third-order valence-electron chi connectivity index (χ3n) is 2.84. The Morgan fingerprint density at radius 2 is 1.76 bits per heavy atom. The molecule has 2 rings (SSSR count). The maximum Gasteiger partial charge on any atom is 0.259 e. The monoisotopic (exact) mass is 345 g/mol. The van der Waals surface area contributed by atoms with Crippen LogP contribution in [-0.2, 0) is 4.79 Å². The minimum absolute atomic E-state index is 0.182. The Morgan fingerprint density at radius 3 is 2.43 bits per heavy atom. The molecule has 0 bridgehead atoms. The summed E-state index contributed by atoms with van der Waals surface area (Å²) in [5, 5.41) is 7.13. The number of nitrogens with zero attached hydrogens (tertiary/aromatic N) is 1. The fourth-order valence-corrected chi connectivity index (χ4v) is 1.94. The van der Waals surface area contributed by atoms with Crippen molar-refractivity contribution in [1.82, 2.24) is 5.43 Å². The van der Waals surface area contributed by atoms with E-state index in [-0.39, 0.29) is 12.5 Å². The van der Waals surface area contributed by atoms with Gasteiger partial charge in [-0.3, -0.25) is 4.79 Å². The number of hydrogen-bond donors (Lipinski definition) is 2. The fraction of sp³-hybridized carbons (Fsp3) is 0.125. The van der Waals surface area contributed by atoms with E-state index < -0.39 is 0 Å². The van der Waals surface area contributed by atoms with Crippen LogP contribution in [0.25, 0.3) is 0 Å². The Hall–Kier alpha value is -2.14. The molecule has 0 aliphatic rings. The van der Waals surface area contributed by atoms with Crippen LogP contribution >= 0.6 is 15.9 Å². The van der Waals surface area contributed by atoms with Crippen LogP contribution in [0.3, 0.4) is 0 Å². The summed E-state index contributed by atoms with van der Waals surface area (Å²) in [5.41, 5.74) is 5.17. The number of rotatable bonds is 5. The summed E-state index contributed by atoms with van der Waals surface area (Å²) in [6, 6.07) is 17.3. The van der Waals surface area contributed by atoms with Crippen molar-refractivity contribution in [3.63, 3.8) is 0 Å². The highest BCUT2D eigenvalue weighted by molar-refractivity contribution is 9.10. The van der Waals surface area contributed by atoms with E-state index in [1.807, 2.05) is 61.5 Å². The summed E-state index contributed by atoms with van der Waals surface area (Å²) in [6.45, 7) is 2.04. The highest BCUT2D eigenvalue weighted by Crippen LogP contribution is 2.11. The van der Waals surface area contributed by atoms with E-state index >= 15 is 0 Å². The largest absolute Gasteiger partial charge is 0.376 e. The molecule has 2 N–H and O–H groups in total. The van der Waals surface area contributed by atoms with Crippen LogP contribution in [0.5, 0.6) is 0 Å². The molecule has 2 aromatic carbocycles. The molecule has 0 atom stereocenters. The molecule has 0 unspecified atom stereocenters. The van der Waals surface area contributed by atoms with Gasteiger partial charge in [-0.1, -0.05) is 46.3 Å². The molecule has 1 amide bonds. The first kappa shape index (κ1) is 15.3. The Morgan fingerprint density at radius 1 is 1.10 bits per heavy atom. The molecule has 0 fully saturated rings. The van der Waals surface area contributed by atoms with E-state index in [2.05, 4.69) is 31.8 Å². The third kappa shape index (κ3) is 5.04. The molecule has 0 aliphatic heterocycles. The average molecular weight is 346 g/mol. The first-order valence-corrected chi connectivity index (χ1v) is 7.32. The number of anilines is 1. The zero-order valence-corrected chi connectivity index (χ0v) is 13.2. The number of hydrazone groups is 1. The van der Waals surface area contributed by atoms with Crippen molar-refractivity contribution in [2.24, 2.45) is 5.10 Å². The minimum atomic E-state index is -0.185. The number of carbonyl (C=O) groups is 1.